The normalized spacial score (nSPS) is 23.3. The molecule has 5 nitrogen and oxygen atoms in total. The number of methoxy groups -OCH3 is 1. The minimum Gasteiger partial charge on any atom is -0.474 e. The van der Waals surface area contributed by atoms with Crippen molar-refractivity contribution in [1.82, 2.24) is 9.78 Å². The summed E-state index contributed by atoms with van der Waals surface area (Å²) in [5, 5.41) is 4.33. The van der Waals surface area contributed by atoms with Crippen LogP contribution in [0.2, 0.25) is 0 Å². The van der Waals surface area contributed by atoms with E-state index in [1.165, 1.54) is 0 Å². The second kappa shape index (κ2) is 5.88. The second-order valence-corrected chi connectivity index (χ2v) is 5.46. The lowest BCUT2D eigenvalue weighted by atomic mass is 9.95. The van der Waals surface area contributed by atoms with E-state index in [-0.39, 0.29) is 12.2 Å². The van der Waals surface area contributed by atoms with Crippen LogP contribution in [0.3, 0.4) is 0 Å². The van der Waals surface area contributed by atoms with E-state index >= 15 is 0 Å². The van der Waals surface area contributed by atoms with Crippen LogP contribution in [0.25, 0.3) is 0 Å². The van der Waals surface area contributed by atoms with Gasteiger partial charge in [0.15, 0.2) is 0 Å². The number of rotatable bonds is 4. The summed E-state index contributed by atoms with van der Waals surface area (Å²) >= 11 is 5.08. The van der Waals surface area contributed by atoms with Gasteiger partial charge in [0.1, 0.15) is 11.1 Å². The van der Waals surface area contributed by atoms with Crippen molar-refractivity contribution >= 4 is 17.2 Å². The lowest BCUT2D eigenvalue weighted by Crippen LogP contribution is -2.30. The van der Waals surface area contributed by atoms with Gasteiger partial charge < -0.3 is 15.2 Å². The molecule has 1 aromatic rings. The van der Waals surface area contributed by atoms with Crippen molar-refractivity contribution in [1.29, 1.82) is 0 Å². The Kier molecular flexibility index (Phi) is 4.42. The molecule has 1 aliphatic carbocycles. The minimum atomic E-state index is 0.140. The quantitative estimate of drug-likeness (QED) is 0.852. The third-order valence-electron chi connectivity index (χ3n) is 3.61. The highest BCUT2D eigenvalue weighted by Crippen LogP contribution is 2.28. The third kappa shape index (κ3) is 3.06. The molecular weight excluding hydrogens is 262 g/mol. The van der Waals surface area contributed by atoms with Crippen LogP contribution in [0.15, 0.2) is 0 Å². The molecular formula is C13H21N3O2S. The molecule has 2 atom stereocenters. The Balaban J connectivity index is 2.16. The van der Waals surface area contributed by atoms with Gasteiger partial charge in [-0.05, 0) is 26.2 Å². The largest absolute Gasteiger partial charge is 0.474 e. The zero-order chi connectivity index (χ0) is 14.0. The van der Waals surface area contributed by atoms with Crippen LogP contribution in [-0.2, 0) is 11.8 Å². The maximum atomic E-state index is 6.08. The SMILES string of the molecule is COC1CCCC(Oc2c(C(N)=S)c(C)nn2C)C1. The van der Waals surface area contributed by atoms with Gasteiger partial charge in [0.2, 0.25) is 5.88 Å². The van der Waals surface area contributed by atoms with Crippen LogP contribution in [0, 0.1) is 6.92 Å². The Morgan fingerprint density at radius 1 is 1.42 bits per heavy atom. The van der Waals surface area contributed by atoms with E-state index in [1.54, 1.807) is 11.8 Å². The molecule has 0 spiro atoms. The van der Waals surface area contributed by atoms with Crippen molar-refractivity contribution in [3.05, 3.63) is 11.3 Å². The summed E-state index contributed by atoms with van der Waals surface area (Å²) in [6.45, 7) is 1.89. The van der Waals surface area contributed by atoms with E-state index in [4.69, 9.17) is 27.4 Å². The van der Waals surface area contributed by atoms with Crippen molar-refractivity contribution in [2.45, 2.75) is 44.8 Å². The van der Waals surface area contributed by atoms with Crippen molar-refractivity contribution in [2.24, 2.45) is 12.8 Å². The molecule has 0 amide bonds. The summed E-state index contributed by atoms with van der Waals surface area (Å²) in [6, 6.07) is 0. The average Bonchev–Trinajstić information content (AvgIpc) is 2.64. The third-order valence-corrected chi connectivity index (χ3v) is 3.81. The summed E-state index contributed by atoms with van der Waals surface area (Å²) in [5.41, 5.74) is 7.32. The number of ether oxygens (including phenoxy) is 2. The van der Waals surface area contributed by atoms with E-state index in [0.717, 1.165) is 36.9 Å². The lowest BCUT2D eigenvalue weighted by Gasteiger charge is -2.28. The Morgan fingerprint density at radius 3 is 2.74 bits per heavy atom. The lowest BCUT2D eigenvalue weighted by molar-refractivity contribution is 0.0181. The van der Waals surface area contributed by atoms with Gasteiger partial charge >= 0.3 is 0 Å². The zero-order valence-electron chi connectivity index (χ0n) is 11.7. The second-order valence-electron chi connectivity index (χ2n) is 5.02. The van der Waals surface area contributed by atoms with E-state index in [0.29, 0.717) is 10.9 Å². The van der Waals surface area contributed by atoms with Crippen molar-refractivity contribution in [2.75, 3.05) is 7.11 Å². The van der Waals surface area contributed by atoms with Gasteiger partial charge in [-0.2, -0.15) is 5.10 Å². The molecule has 1 fully saturated rings. The fourth-order valence-corrected chi connectivity index (χ4v) is 2.87. The van der Waals surface area contributed by atoms with Crippen LogP contribution < -0.4 is 10.5 Å². The Labute approximate surface area is 119 Å². The first-order chi connectivity index (χ1) is 9.02. The van der Waals surface area contributed by atoms with Crippen molar-refractivity contribution in [3.8, 4) is 5.88 Å². The number of nitrogens with two attached hydrogens (primary N) is 1. The van der Waals surface area contributed by atoms with Gasteiger partial charge in [0.05, 0.1) is 17.4 Å². The average molecular weight is 283 g/mol. The summed E-state index contributed by atoms with van der Waals surface area (Å²) in [4.78, 5) is 0.333. The monoisotopic (exact) mass is 283 g/mol. The molecule has 19 heavy (non-hydrogen) atoms. The first-order valence-corrected chi connectivity index (χ1v) is 6.96. The van der Waals surface area contributed by atoms with Crippen LogP contribution in [0.4, 0.5) is 0 Å². The van der Waals surface area contributed by atoms with Gasteiger partial charge in [-0.25, -0.2) is 4.68 Å². The fraction of sp³-hybridized carbons (Fsp3) is 0.692. The van der Waals surface area contributed by atoms with Gasteiger partial charge in [0, 0.05) is 20.6 Å². The molecule has 1 aromatic heterocycles. The standard InChI is InChI=1S/C13H21N3O2S/c1-8-11(12(14)19)13(16(2)15-8)18-10-6-4-5-9(7-10)17-3/h9-10H,4-7H2,1-3H3,(H2,14,19). The fourth-order valence-electron chi connectivity index (χ4n) is 2.64. The summed E-state index contributed by atoms with van der Waals surface area (Å²) < 4.78 is 13.2. The predicted octanol–water partition coefficient (Wildman–Crippen LogP) is 1.70. The van der Waals surface area contributed by atoms with Crippen LogP contribution >= 0.6 is 12.2 Å². The highest BCUT2D eigenvalue weighted by atomic mass is 32.1. The number of aryl methyl sites for hydroxylation is 2. The molecule has 0 bridgehead atoms. The predicted molar refractivity (Wildman–Crippen MR) is 77.5 cm³/mol. The molecule has 106 valence electrons. The number of hydrogen-bond acceptors (Lipinski definition) is 4. The number of thiocarbonyl (C=S) groups is 1. The molecule has 6 heteroatoms. The highest BCUT2D eigenvalue weighted by Gasteiger charge is 2.26. The van der Waals surface area contributed by atoms with Gasteiger partial charge in [0.25, 0.3) is 0 Å². The summed E-state index contributed by atoms with van der Waals surface area (Å²) in [5.74, 6) is 0.673. The maximum absolute atomic E-state index is 6.08. The van der Waals surface area contributed by atoms with Crippen LogP contribution in [0.1, 0.15) is 36.9 Å². The molecule has 0 saturated heterocycles. The van der Waals surface area contributed by atoms with Gasteiger partial charge in [-0.1, -0.05) is 12.2 Å². The molecule has 1 saturated carbocycles. The topological polar surface area (TPSA) is 62.3 Å². The van der Waals surface area contributed by atoms with E-state index in [9.17, 15) is 0 Å². The number of hydrogen-bond donors (Lipinski definition) is 1. The maximum Gasteiger partial charge on any atom is 0.222 e. The Morgan fingerprint density at radius 2 is 2.11 bits per heavy atom. The van der Waals surface area contributed by atoms with Gasteiger partial charge in [-0.3, -0.25) is 0 Å². The van der Waals surface area contributed by atoms with E-state index in [1.807, 2.05) is 14.0 Å². The highest BCUT2D eigenvalue weighted by molar-refractivity contribution is 7.80. The number of aromatic nitrogens is 2. The molecule has 0 radical (unpaired) electrons. The molecule has 1 heterocycles. The summed E-state index contributed by atoms with van der Waals surface area (Å²) in [7, 11) is 3.60. The van der Waals surface area contributed by atoms with Gasteiger partial charge in [-0.15, -0.1) is 0 Å². The first-order valence-electron chi connectivity index (χ1n) is 6.55. The molecule has 0 aromatic carbocycles. The minimum absolute atomic E-state index is 0.140. The molecule has 0 aliphatic heterocycles. The van der Waals surface area contributed by atoms with Crippen LogP contribution in [-0.4, -0.2) is 34.1 Å². The number of nitrogens with zero attached hydrogens (tertiary/aromatic N) is 2. The molecule has 2 N–H and O–H groups in total. The Bertz CT molecular complexity index is 473. The molecule has 2 rings (SSSR count). The van der Waals surface area contributed by atoms with Crippen LogP contribution in [0.5, 0.6) is 5.88 Å². The zero-order valence-corrected chi connectivity index (χ0v) is 12.5. The first kappa shape index (κ1) is 14.3. The van der Waals surface area contributed by atoms with E-state index < -0.39 is 0 Å². The Hall–Kier alpha value is -1.14. The van der Waals surface area contributed by atoms with Crippen molar-refractivity contribution in [3.63, 3.8) is 0 Å². The molecule has 1 aliphatic rings. The summed E-state index contributed by atoms with van der Waals surface area (Å²) in [6.07, 6.45) is 4.56. The smallest absolute Gasteiger partial charge is 0.222 e. The molecule has 2 unspecified atom stereocenters. The van der Waals surface area contributed by atoms with E-state index in [2.05, 4.69) is 5.10 Å². The van der Waals surface area contributed by atoms with Crippen molar-refractivity contribution < 1.29 is 9.47 Å².